The molecule has 1 N–H and O–H groups in total. The van der Waals surface area contributed by atoms with Crippen LogP contribution in [-0.4, -0.2) is 41.8 Å². The number of hydrogen-bond acceptors (Lipinski definition) is 3. The fourth-order valence-corrected chi connectivity index (χ4v) is 4.22. The van der Waals surface area contributed by atoms with Gasteiger partial charge in [0.1, 0.15) is 12.6 Å². The molecule has 1 atom stereocenters. The van der Waals surface area contributed by atoms with Crippen LogP contribution >= 0.6 is 0 Å². The quantitative estimate of drug-likeness (QED) is 0.870. The van der Waals surface area contributed by atoms with E-state index in [9.17, 15) is 14.4 Å². The molecule has 0 unspecified atom stereocenters. The van der Waals surface area contributed by atoms with E-state index >= 15 is 0 Å². The first-order chi connectivity index (χ1) is 14.1. The number of fused-ring (bicyclic) bond motifs is 2. The summed E-state index contributed by atoms with van der Waals surface area (Å²) in [7, 11) is 0. The third kappa shape index (κ3) is 3.62. The predicted molar refractivity (Wildman–Crippen MR) is 112 cm³/mol. The molecule has 0 aliphatic carbocycles. The molecule has 2 aliphatic rings. The summed E-state index contributed by atoms with van der Waals surface area (Å²) in [6, 6.07) is 14.2. The summed E-state index contributed by atoms with van der Waals surface area (Å²) >= 11 is 0. The van der Waals surface area contributed by atoms with Crippen LogP contribution in [0.25, 0.3) is 0 Å². The molecule has 2 aromatic carbocycles. The minimum absolute atomic E-state index is 0.120. The number of aryl methyl sites for hydroxylation is 1. The Morgan fingerprint density at radius 2 is 1.83 bits per heavy atom. The summed E-state index contributed by atoms with van der Waals surface area (Å²) in [5.74, 6) is -0.578. The van der Waals surface area contributed by atoms with Crippen molar-refractivity contribution in [2.75, 3.05) is 23.3 Å². The highest BCUT2D eigenvalue weighted by atomic mass is 16.2. The molecule has 2 aromatic rings. The zero-order chi connectivity index (χ0) is 20.4. The molecule has 0 bridgehead atoms. The highest BCUT2D eigenvalue weighted by Gasteiger charge is 2.40. The van der Waals surface area contributed by atoms with Gasteiger partial charge in [0.25, 0.3) is 5.91 Å². The topological polar surface area (TPSA) is 69.7 Å². The summed E-state index contributed by atoms with van der Waals surface area (Å²) in [6.45, 7) is 2.49. The van der Waals surface area contributed by atoms with Gasteiger partial charge in [-0.15, -0.1) is 0 Å². The predicted octanol–water partition coefficient (Wildman–Crippen LogP) is 3.23. The van der Waals surface area contributed by atoms with Gasteiger partial charge < -0.3 is 15.1 Å². The highest BCUT2D eigenvalue weighted by molar-refractivity contribution is 6.13. The van der Waals surface area contributed by atoms with Gasteiger partial charge in [-0.2, -0.15) is 0 Å². The number of benzene rings is 2. The van der Waals surface area contributed by atoms with Crippen LogP contribution in [0.4, 0.5) is 11.4 Å². The van der Waals surface area contributed by atoms with Gasteiger partial charge in [-0.3, -0.25) is 14.4 Å². The Balaban J connectivity index is 1.64. The Hall–Kier alpha value is -3.15. The van der Waals surface area contributed by atoms with Crippen molar-refractivity contribution in [2.24, 2.45) is 0 Å². The average molecular weight is 391 g/mol. The van der Waals surface area contributed by atoms with Crippen molar-refractivity contribution in [1.82, 2.24) is 4.90 Å². The number of carbonyl (C=O) groups is 3. The van der Waals surface area contributed by atoms with Crippen molar-refractivity contribution in [3.05, 3.63) is 59.7 Å². The van der Waals surface area contributed by atoms with Crippen molar-refractivity contribution in [3.63, 3.8) is 0 Å². The van der Waals surface area contributed by atoms with Crippen LogP contribution in [0.2, 0.25) is 0 Å². The molecule has 0 aromatic heterocycles. The van der Waals surface area contributed by atoms with Gasteiger partial charge in [-0.25, -0.2) is 0 Å². The molecular formula is C23H25N3O3. The van der Waals surface area contributed by atoms with Gasteiger partial charge in [0, 0.05) is 12.2 Å². The van der Waals surface area contributed by atoms with Crippen LogP contribution in [0.15, 0.2) is 48.5 Å². The summed E-state index contributed by atoms with van der Waals surface area (Å²) in [6.07, 6.45) is 3.23. The average Bonchev–Trinajstić information content (AvgIpc) is 2.84. The molecular weight excluding hydrogens is 366 g/mol. The molecule has 3 amide bonds. The van der Waals surface area contributed by atoms with E-state index in [2.05, 4.69) is 5.32 Å². The number of amides is 3. The fraction of sp³-hybridized carbons (Fsp3) is 0.348. The molecule has 1 saturated heterocycles. The zero-order valence-electron chi connectivity index (χ0n) is 16.6. The number of piperidine rings is 1. The summed E-state index contributed by atoms with van der Waals surface area (Å²) < 4.78 is 0. The van der Waals surface area contributed by atoms with Crippen molar-refractivity contribution in [3.8, 4) is 0 Å². The minimum atomic E-state index is -0.501. The van der Waals surface area contributed by atoms with Crippen LogP contribution < -0.4 is 10.2 Å². The van der Waals surface area contributed by atoms with E-state index in [1.807, 2.05) is 31.2 Å². The van der Waals surface area contributed by atoms with E-state index in [1.165, 1.54) is 4.90 Å². The summed E-state index contributed by atoms with van der Waals surface area (Å²) in [4.78, 5) is 42.4. The van der Waals surface area contributed by atoms with Gasteiger partial charge in [0.05, 0.1) is 11.3 Å². The molecule has 0 spiro atoms. The smallest absolute Gasteiger partial charge is 0.256 e. The van der Waals surface area contributed by atoms with Crippen LogP contribution in [-0.2, 0) is 16.0 Å². The molecule has 0 saturated carbocycles. The lowest BCUT2D eigenvalue weighted by Crippen LogP contribution is -2.52. The number of nitrogens with one attached hydrogen (secondary N) is 1. The number of rotatable bonds is 4. The van der Waals surface area contributed by atoms with Crippen molar-refractivity contribution in [2.45, 2.75) is 38.6 Å². The first-order valence-corrected chi connectivity index (χ1v) is 10.2. The van der Waals surface area contributed by atoms with Crippen LogP contribution in [0.5, 0.6) is 0 Å². The van der Waals surface area contributed by atoms with Gasteiger partial charge in [-0.05, 0) is 49.4 Å². The number of nitrogens with zero attached hydrogens (tertiary/aromatic N) is 2. The van der Waals surface area contributed by atoms with E-state index in [4.69, 9.17) is 0 Å². The molecule has 4 rings (SSSR count). The molecule has 150 valence electrons. The van der Waals surface area contributed by atoms with Crippen molar-refractivity contribution < 1.29 is 14.4 Å². The van der Waals surface area contributed by atoms with Crippen LogP contribution in [0.1, 0.15) is 42.1 Å². The van der Waals surface area contributed by atoms with Gasteiger partial charge in [0.15, 0.2) is 0 Å². The molecule has 29 heavy (non-hydrogen) atoms. The molecule has 2 heterocycles. The second-order valence-electron chi connectivity index (χ2n) is 7.51. The Morgan fingerprint density at radius 3 is 2.66 bits per heavy atom. The number of carbonyl (C=O) groups excluding carboxylic acids is 3. The largest absolute Gasteiger partial charge is 0.327 e. The lowest BCUT2D eigenvalue weighted by atomic mass is 10.0. The number of para-hydroxylation sites is 2. The minimum Gasteiger partial charge on any atom is -0.327 e. The Bertz CT molecular complexity index is 956. The third-order valence-corrected chi connectivity index (χ3v) is 5.71. The van der Waals surface area contributed by atoms with E-state index in [0.717, 1.165) is 30.5 Å². The standard InChI is InChI=1S/C23H25N3O3/c1-2-16-9-3-5-11-18(16)24-21(27)15-26-19-12-6-4-10-17(19)22(28)25-14-8-7-13-20(25)23(26)29/h3-6,9-12,20H,2,7-8,13-15H2,1H3,(H,24,27)/t20-/m0/s1. The monoisotopic (exact) mass is 391 g/mol. The summed E-state index contributed by atoms with van der Waals surface area (Å²) in [5, 5.41) is 2.93. The van der Waals surface area contributed by atoms with Crippen molar-refractivity contribution >= 4 is 29.1 Å². The van der Waals surface area contributed by atoms with Gasteiger partial charge in [-0.1, -0.05) is 37.3 Å². The van der Waals surface area contributed by atoms with Gasteiger partial charge in [0.2, 0.25) is 11.8 Å². The second-order valence-corrected chi connectivity index (χ2v) is 7.51. The van der Waals surface area contributed by atoms with Crippen LogP contribution in [0, 0.1) is 0 Å². The maximum atomic E-state index is 13.4. The molecule has 6 heteroatoms. The maximum absolute atomic E-state index is 13.4. The Labute approximate surface area is 170 Å². The van der Waals surface area contributed by atoms with Gasteiger partial charge >= 0.3 is 0 Å². The van der Waals surface area contributed by atoms with Crippen LogP contribution in [0.3, 0.4) is 0 Å². The lowest BCUT2D eigenvalue weighted by Gasteiger charge is -2.34. The third-order valence-electron chi connectivity index (χ3n) is 5.71. The van der Waals surface area contributed by atoms with E-state index < -0.39 is 6.04 Å². The lowest BCUT2D eigenvalue weighted by molar-refractivity contribution is -0.125. The summed E-state index contributed by atoms with van der Waals surface area (Å²) in [5.41, 5.74) is 2.78. The number of anilines is 2. The van der Waals surface area contributed by atoms with E-state index in [1.54, 1.807) is 29.2 Å². The Morgan fingerprint density at radius 1 is 1.07 bits per heavy atom. The van der Waals surface area contributed by atoms with E-state index in [-0.39, 0.29) is 24.3 Å². The SMILES string of the molecule is CCc1ccccc1NC(=O)CN1C(=O)[C@@H]2CCCCN2C(=O)c2ccccc21. The number of hydrogen-bond donors (Lipinski definition) is 1. The molecule has 0 radical (unpaired) electrons. The second kappa shape index (κ2) is 8.07. The fourth-order valence-electron chi connectivity index (χ4n) is 4.22. The maximum Gasteiger partial charge on any atom is 0.256 e. The first kappa shape index (κ1) is 19.2. The highest BCUT2D eigenvalue weighted by Crippen LogP contribution is 2.31. The Kier molecular flexibility index (Phi) is 5.34. The molecule has 1 fully saturated rings. The first-order valence-electron chi connectivity index (χ1n) is 10.2. The molecule has 2 aliphatic heterocycles. The van der Waals surface area contributed by atoms with E-state index in [0.29, 0.717) is 24.2 Å². The normalized spacial score (nSPS) is 18.7. The van der Waals surface area contributed by atoms with Crippen molar-refractivity contribution in [1.29, 1.82) is 0 Å². The molecule has 6 nitrogen and oxygen atoms in total. The zero-order valence-corrected chi connectivity index (χ0v) is 16.6.